The van der Waals surface area contributed by atoms with Crippen LogP contribution in [0.25, 0.3) is 0 Å². The maximum absolute atomic E-state index is 12.1. The molecule has 2 fully saturated rings. The Morgan fingerprint density at radius 3 is 2.65 bits per heavy atom. The molecule has 37 heavy (non-hydrogen) atoms. The number of hydrogen-bond acceptors (Lipinski definition) is 8. The number of rotatable bonds is 7. The van der Waals surface area contributed by atoms with Gasteiger partial charge < -0.3 is 29.4 Å². The number of hydrogen-bond donors (Lipinski definition) is 1. The summed E-state index contributed by atoms with van der Waals surface area (Å²) in [6, 6.07) is 8.83. The quantitative estimate of drug-likeness (QED) is 0.573. The number of likely N-dealkylation sites (tertiary alicyclic amines) is 1. The van der Waals surface area contributed by atoms with Crippen LogP contribution < -0.4 is 14.5 Å². The van der Waals surface area contributed by atoms with Gasteiger partial charge in [-0.05, 0) is 51.4 Å². The third-order valence-corrected chi connectivity index (χ3v) is 7.89. The van der Waals surface area contributed by atoms with E-state index in [1.54, 1.807) is 0 Å². The number of amides is 1. The highest BCUT2D eigenvalue weighted by atomic mass is 16.5. The summed E-state index contributed by atoms with van der Waals surface area (Å²) < 4.78 is 6.23. The molecule has 2 saturated heterocycles. The van der Waals surface area contributed by atoms with E-state index in [0.29, 0.717) is 51.4 Å². The van der Waals surface area contributed by atoms with Crippen molar-refractivity contribution >= 4 is 17.4 Å². The number of benzene rings is 1. The van der Waals surface area contributed by atoms with E-state index in [1.807, 2.05) is 23.1 Å². The zero-order chi connectivity index (χ0) is 25.8. The number of carbonyl (C=O) groups is 1. The van der Waals surface area contributed by atoms with Crippen molar-refractivity contribution in [3.8, 4) is 6.01 Å². The van der Waals surface area contributed by atoms with Gasteiger partial charge in [-0.3, -0.25) is 4.79 Å². The van der Waals surface area contributed by atoms with Gasteiger partial charge in [-0.15, -0.1) is 0 Å². The van der Waals surface area contributed by atoms with Gasteiger partial charge in [0.2, 0.25) is 5.91 Å². The smallest absolute Gasteiger partial charge is 0.318 e. The average molecular weight is 507 g/mol. The van der Waals surface area contributed by atoms with Gasteiger partial charge in [0, 0.05) is 55.6 Å². The van der Waals surface area contributed by atoms with Gasteiger partial charge in [-0.1, -0.05) is 24.8 Å². The molecule has 2 aromatic rings. The van der Waals surface area contributed by atoms with Crippen LogP contribution in [0.2, 0.25) is 0 Å². The largest absolute Gasteiger partial charge is 0.462 e. The maximum atomic E-state index is 12.1. The van der Waals surface area contributed by atoms with E-state index >= 15 is 0 Å². The van der Waals surface area contributed by atoms with Gasteiger partial charge in [0.1, 0.15) is 12.4 Å². The van der Waals surface area contributed by atoms with E-state index in [0.717, 1.165) is 60.7 Å². The summed E-state index contributed by atoms with van der Waals surface area (Å²) in [4.78, 5) is 30.8. The standard InChI is InChI=1S/C28H38N6O3/c1-3-26(36)32-14-16-33(17-15-32)27-23-10-7-13-34(25-11-5-4-8-21(25)19-35)18-24(23)29-28(30-27)37-20-22-9-6-12-31(22)2/h3-5,8,11,22,35H,1,6-7,9-10,12-20H2,2H3/t22-/m0/s1. The Balaban J connectivity index is 1.44. The van der Waals surface area contributed by atoms with Crippen molar-refractivity contribution in [3.05, 3.63) is 53.7 Å². The summed E-state index contributed by atoms with van der Waals surface area (Å²) in [5, 5.41) is 9.93. The number of para-hydroxylation sites is 1. The van der Waals surface area contributed by atoms with Gasteiger partial charge in [-0.2, -0.15) is 9.97 Å². The molecule has 198 valence electrons. The summed E-state index contributed by atoms with van der Waals surface area (Å²) >= 11 is 0. The molecular formula is C28H38N6O3. The van der Waals surface area contributed by atoms with Crippen molar-refractivity contribution in [2.75, 3.05) is 62.7 Å². The normalized spacial score (nSPS) is 20.5. The molecule has 0 unspecified atom stereocenters. The van der Waals surface area contributed by atoms with E-state index in [2.05, 4.69) is 34.4 Å². The number of aromatic nitrogens is 2. The molecular weight excluding hydrogens is 468 g/mol. The first kappa shape index (κ1) is 25.5. The third-order valence-electron chi connectivity index (χ3n) is 7.89. The van der Waals surface area contributed by atoms with Crippen molar-refractivity contribution in [2.24, 2.45) is 0 Å². The lowest BCUT2D eigenvalue weighted by Gasteiger charge is -2.36. The summed E-state index contributed by atoms with van der Waals surface area (Å²) in [5.41, 5.74) is 4.11. The van der Waals surface area contributed by atoms with E-state index < -0.39 is 0 Å². The van der Waals surface area contributed by atoms with Crippen molar-refractivity contribution in [1.82, 2.24) is 19.8 Å². The lowest BCUT2D eigenvalue weighted by atomic mass is 10.1. The van der Waals surface area contributed by atoms with E-state index in [-0.39, 0.29) is 12.5 Å². The summed E-state index contributed by atoms with van der Waals surface area (Å²) in [6.07, 6.45) is 5.54. The average Bonchev–Trinajstić information content (AvgIpc) is 3.23. The van der Waals surface area contributed by atoms with Gasteiger partial charge in [0.25, 0.3) is 0 Å². The van der Waals surface area contributed by atoms with Crippen LogP contribution in [-0.4, -0.2) is 89.7 Å². The Kier molecular flexibility index (Phi) is 7.90. The minimum Gasteiger partial charge on any atom is -0.462 e. The van der Waals surface area contributed by atoms with Crippen molar-refractivity contribution < 1.29 is 14.6 Å². The predicted molar refractivity (Wildman–Crippen MR) is 144 cm³/mol. The van der Waals surface area contributed by atoms with Crippen molar-refractivity contribution in [3.63, 3.8) is 0 Å². The highest BCUT2D eigenvalue weighted by molar-refractivity contribution is 5.87. The minimum absolute atomic E-state index is 0.00548. The van der Waals surface area contributed by atoms with Crippen LogP contribution in [-0.2, 0) is 24.4 Å². The molecule has 1 aromatic heterocycles. The zero-order valence-corrected chi connectivity index (χ0v) is 21.8. The Morgan fingerprint density at radius 1 is 1.11 bits per heavy atom. The van der Waals surface area contributed by atoms with Crippen LogP contribution in [0.3, 0.4) is 0 Å². The van der Waals surface area contributed by atoms with Crippen LogP contribution >= 0.6 is 0 Å². The van der Waals surface area contributed by atoms with E-state index in [4.69, 9.17) is 14.7 Å². The number of piperazine rings is 1. The molecule has 1 amide bonds. The molecule has 0 radical (unpaired) electrons. The highest BCUT2D eigenvalue weighted by Crippen LogP contribution is 2.32. The lowest BCUT2D eigenvalue weighted by molar-refractivity contribution is -0.126. The predicted octanol–water partition coefficient (Wildman–Crippen LogP) is 2.23. The SMILES string of the molecule is C=CC(=O)N1CCN(c2nc(OC[C@@H]3CCCN3C)nc3c2CCCN(c2ccccc2CO)C3)CC1. The number of carbonyl (C=O) groups excluding carboxylic acids is 1. The fourth-order valence-electron chi connectivity index (χ4n) is 5.70. The van der Waals surface area contributed by atoms with E-state index in [9.17, 15) is 9.90 Å². The first-order valence-corrected chi connectivity index (χ1v) is 13.4. The van der Waals surface area contributed by atoms with E-state index in [1.165, 1.54) is 12.5 Å². The zero-order valence-electron chi connectivity index (χ0n) is 21.8. The summed E-state index contributed by atoms with van der Waals surface area (Å²) in [7, 11) is 2.14. The second-order valence-corrected chi connectivity index (χ2v) is 10.2. The van der Waals surface area contributed by atoms with Gasteiger partial charge in [-0.25, -0.2) is 0 Å². The van der Waals surface area contributed by atoms with Crippen LogP contribution in [0, 0.1) is 0 Å². The summed E-state index contributed by atoms with van der Waals surface area (Å²) in [6.45, 7) is 9.52. The van der Waals surface area contributed by atoms with Crippen LogP contribution in [0.1, 0.15) is 36.1 Å². The van der Waals surface area contributed by atoms with Gasteiger partial charge >= 0.3 is 6.01 Å². The van der Waals surface area contributed by atoms with Crippen LogP contribution in [0.4, 0.5) is 11.5 Å². The highest BCUT2D eigenvalue weighted by Gasteiger charge is 2.28. The number of fused-ring (bicyclic) bond motifs is 1. The minimum atomic E-state index is -0.0240. The Morgan fingerprint density at radius 2 is 1.92 bits per heavy atom. The Bertz CT molecular complexity index is 1120. The molecule has 1 atom stereocenters. The molecule has 3 aliphatic rings. The molecule has 0 saturated carbocycles. The Hall–Kier alpha value is -3.17. The molecule has 1 aromatic carbocycles. The molecule has 9 nitrogen and oxygen atoms in total. The number of likely N-dealkylation sites (N-methyl/N-ethyl adjacent to an activating group) is 1. The molecule has 4 heterocycles. The first-order valence-electron chi connectivity index (χ1n) is 13.4. The monoisotopic (exact) mass is 506 g/mol. The number of nitrogens with zero attached hydrogens (tertiary/aromatic N) is 6. The van der Waals surface area contributed by atoms with Crippen LogP contribution in [0.5, 0.6) is 6.01 Å². The third kappa shape index (κ3) is 5.57. The topological polar surface area (TPSA) is 85.3 Å². The van der Waals surface area contributed by atoms with Crippen molar-refractivity contribution in [2.45, 2.75) is 44.9 Å². The molecule has 0 aliphatic carbocycles. The molecule has 5 rings (SSSR count). The molecule has 0 spiro atoms. The molecule has 9 heteroatoms. The van der Waals surface area contributed by atoms with Gasteiger partial charge in [0.15, 0.2) is 0 Å². The maximum Gasteiger partial charge on any atom is 0.318 e. The molecule has 0 bridgehead atoms. The molecule has 1 N–H and O–H groups in total. The fraction of sp³-hybridized carbons (Fsp3) is 0.536. The number of aliphatic hydroxyl groups is 1. The lowest BCUT2D eigenvalue weighted by Crippen LogP contribution is -2.49. The van der Waals surface area contributed by atoms with Crippen molar-refractivity contribution in [1.29, 1.82) is 0 Å². The van der Waals surface area contributed by atoms with Crippen LogP contribution in [0.15, 0.2) is 36.9 Å². The fourth-order valence-corrected chi connectivity index (χ4v) is 5.70. The second-order valence-electron chi connectivity index (χ2n) is 10.2. The van der Waals surface area contributed by atoms with Gasteiger partial charge in [0.05, 0.1) is 18.8 Å². The Labute approximate surface area is 219 Å². The number of anilines is 2. The molecule has 3 aliphatic heterocycles. The first-order chi connectivity index (χ1) is 18.1. The summed E-state index contributed by atoms with van der Waals surface area (Å²) in [5.74, 6) is 0.909. The second kappa shape index (κ2) is 11.5. The number of ether oxygens (including phenoxy) is 1. The number of aliphatic hydroxyl groups excluding tert-OH is 1.